The third-order valence-corrected chi connectivity index (χ3v) is 2.19. The molecule has 0 aromatic rings. The van der Waals surface area contributed by atoms with E-state index in [1.54, 1.807) is 0 Å². The van der Waals surface area contributed by atoms with Gasteiger partial charge in [-0.15, -0.1) is 0 Å². The van der Waals surface area contributed by atoms with Crippen molar-refractivity contribution in [2.45, 2.75) is 25.4 Å². The Morgan fingerprint density at radius 1 is 1.62 bits per heavy atom. The molecule has 0 spiro atoms. The Morgan fingerprint density at radius 3 is 3.08 bits per heavy atom. The van der Waals surface area contributed by atoms with E-state index in [-0.39, 0.29) is 0 Å². The van der Waals surface area contributed by atoms with Crippen LogP contribution in [0.4, 0.5) is 0 Å². The number of hydroxylamine groups is 1. The molecule has 1 aliphatic heterocycles. The molecule has 4 nitrogen and oxygen atoms in total. The highest BCUT2D eigenvalue weighted by molar-refractivity contribution is 7.80. The number of rotatable bonds is 3. The molecule has 0 amide bonds. The van der Waals surface area contributed by atoms with E-state index in [0.29, 0.717) is 11.2 Å². The largest absolute Gasteiger partial charge is 0.376 e. The second-order valence-electron chi connectivity index (χ2n) is 3.00. The molecule has 0 aromatic heterocycles. The van der Waals surface area contributed by atoms with Crippen molar-refractivity contribution in [2.24, 2.45) is 0 Å². The SMILES string of the molecule is CONC(=S)NCC1CCCCO1. The van der Waals surface area contributed by atoms with Crippen LogP contribution in [0.25, 0.3) is 0 Å². The van der Waals surface area contributed by atoms with E-state index in [0.717, 1.165) is 19.6 Å². The van der Waals surface area contributed by atoms with Gasteiger partial charge >= 0.3 is 0 Å². The third kappa shape index (κ3) is 4.40. The summed E-state index contributed by atoms with van der Waals surface area (Å²) >= 11 is 4.92. The van der Waals surface area contributed by atoms with E-state index in [2.05, 4.69) is 15.6 Å². The number of hydrogen-bond donors (Lipinski definition) is 2. The molecule has 76 valence electrons. The van der Waals surface area contributed by atoms with E-state index in [9.17, 15) is 0 Å². The molecule has 1 saturated heterocycles. The van der Waals surface area contributed by atoms with E-state index in [1.807, 2.05) is 0 Å². The Kier molecular flexibility index (Phi) is 5.03. The van der Waals surface area contributed by atoms with Gasteiger partial charge in [-0.05, 0) is 31.5 Å². The molecule has 1 rings (SSSR count). The quantitative estimate of drug-likeness (QED) is 0.520. The summed E-state index contributed by atoms with van der Waals surface area (Å²) in [5.41, 5.74) is 2.55. The monoisotopic (exact) mass is 204 g/mol. The predicted octanol–water partition coefficient (Wildman–Crippen LogP) is 0.581. The second-order valence-corrected chi connectivity index (χ2v) is 3.41. The Balaban J connectivity index is 2.06. The minimum Gasteiger partial charge on any atom is -0.376 e. The molecule has 1 heterocycles. The number of thiocarbonyl (C=S) groups is 1. The lowest BCUT2D eigenvalue weighted by Gasteiger charge is -2.23. The van der Waals surface area contributed by atoms with Crippen LogP contribution in [0.1, 0.15) is 19.3 Å². The first-order valence-corrected chi connectivity index (χ1v) is 4.92. The van der Waals surface area contributed by atoms with Gasteiger partial charge in [0.1, 0.15) is 0 Å². The van der Waals surface area contributed by atoms with Crippen molar-refractivity contribution in [3.8, 4) is 0 Å². The smallest absolute Gasteiger partial charge is 0.190 e. The Labute approximate surface area is 83.9 Å². The molecule has 5 heteroatoms. The van der Waals surface area contributed by atoms with Gasteiger partial charge in [-0.25, -0.2) is 5.48 Å². The zero-order valence-electron chi connectivity index (χ0n) is 7.84. The third-order valence-electron chi connectivity index (χ3n) is 1.96. The maximum absolute atomic E-state index is 5.52. The van der Waals surface area contributed by atoms with Crippen LogP contribution in [0.2, 0.25) is 0 Å². The van der Waals surface area contributed by atoms with Crippen molar-refractivity contribution in [3.05, 3.63) is 0 Å². The number of ether oxygens (including phenoxy) is 1. The van der Waals surface area contributed by atoms with Crippen LogP contribution in [-0.4, -0.2) is 31.5 Å². The summed E-state index contributed by atoms with van der Waals surface area (Å²) in [7, 11) is 1.53. The molecular weight excluding hydrogens is 188 g/mol. The van der Waals surface area contributed by atoms with Crippen LogP contribution in [0.3, 0.4) is 0 Å². The van der Waals surface area contributed by atoms with Crippen molar-refractivity contribution in [2.75, 3.05) is 20.3 Å². The van der Waals surface area contributed by atoms with Gasteiger partial charge in [0.2, 0.25) is 0 Å². The molecule has 1 atom stereocenters. The highest BCUT2D eigenvalue weighted by Gasteiger charge is 2.13. The van der Waals surface area contributed by atoms with Crippen molar-refractivity contribution in [1.29, 1.82) is 0 Å². The fourth-order valence-corrected chi connectivity index (χ4v) is 1.47. The molecule has 0 aliphatic carbocycles. The summed E-state index contributed by atoms with van der Waals surface area (Å²) in [6.45, 7) is 1.63. The summed E-state index contributed by atoms with van der Waals surface area (Å²) in [6, 6.07) is 0. The minimum absolute atomic E-state index is 0.297. The molecule has 0 bridgehead atoms. The van der Waals surface area contributed by atoms with Gasteiger partial charge in [0.25, 0.3) is 0 Å². The number of nitrogens with one attached hydrogen (secondary N) is 2. The standard InChI is InChI=1S/C8H16N2O2S/c1-11-10-8(13)9-6-7-4-2-3-5-12-7/h7H,2-6H2,1H3,(H2,9,10,13). The van der Waals surface area contributed by atoms with Crippen LogP contribution in [-0.2, 0) is 9.57 Å². The molecular formula is C8H16N2O2S. The highest BCUT2D eigenvalue weighted by atomic mass is 32.1. The first kappa shape index (κ1) is 10.7. The topological polar surface area (TPSA) is 42.5 Å². The summed E-state index contributed by atoms with van der Waals surface area (Å²) in [5, 5.41) is 3.53. The van der Waals surface area contributed by atoms with Gasteiger partial charge in [-0.2, -0.15) is 0 Å². The Hall–Kier alpha value is -0.390. The molecule has 0 radical (unpaired) electrons. The first-order chi connectivity index (χ1) is 6.33. The molecule has 2 N–H and O–H groups in total. The van der Waals surface area contributed by atoms with Gasteiger partial charge in [0.05, 0.1) is 13.2 Å². The molecule has 0 aromatic carbocycles. The lowest BCUT2D eigenvalue weighted by molar-refractivity contribution is 0.0190. The molecule has 13 heavy (non-hydrogen) atoms. The van der Waals surface area contributed by atoms with Crippen molar-refractivity contribution in [1.82, 2.24) is 10.8 Å². The average molecular weight is 204 g/mol. The van der Waals surface area contributed by atoms with Crippen molar-refractivity contribution < 1.29 is 9.57 Å². The normalized spacial score (nSPS) is 22.4. The van der Waals surface area contributed by atoms with Crippen LogP contribution in [0.15, 0.2) is 0 Å². The summed E-state index contributed by atoms with van der Waals surface area (Å²) in [5.74, 6) is 0. The average Bonchev–Trinajstić information content (AvgIpc) is 2.17. The zero-order chi connectivity index (χ0) is 9.52. The molecule has 1 unspecified atom stereocenters. The van der Waals surface area contributed by atoms with Crippen LogP contribution in [0, 0.1) is 0 Å². The van der Waals surface area contributed by atoms with Gasteiger partial charge in [-0.3, -0.25) is 4.84 Å². The summed E-state index contributed by atoms with van der Waals surface area (Å²) in [4.78, 5) is 4.65. The maximum Gasteiger partial charge on any atom is 0.190 e. The van der Waals surface area contributed by atoms with Crippen LogP contribution < -0.4 is 10.8 Å². The highest BCUT2D eigenvalue weighted by Crippen LogP contribution is 2.11. The van der Waals surface area contributed by atoms with Crippen molar-refractivity contribution >= 4 is 17.3 Å². The van der Waals surface area contributed by atoms with Gasteiger partial charge in [0, 0.05) is 13.2 Å². The second kappa shape index (κ2) is 6.12. The summed E-state index contributed by atoms with van der Waals surface area (Å²) in [6.07, 6.45) is 3.83. The Bertz CT molecular complexity index is 160. The van der Waals surface area contributed by atoms with Gasteiger partial charge in [0.15, 0.2) is 5.11 Å². The van der Waals surface area contributed by atoms with Gasteiger partial charge < -0.3 is 10.1 Å². The van der Waals surface area contributed by atoms with E-state index < -0.39 is 0 Å². The Morgan fingerprint density at radius 2 is 2.46 bits per heavy atom. The fourth-order valence-electron chi connectivity index (χ4n) is 1.30. The molecule has 0 saturated carbocycles. The lowest BCUT2D eigenvalue weighted by atomic mass is 10.1. The molecule has 1 fully saturated rings. The lowest BCUT2D eigenvalue weighted by Crippen LogP contribution is -2.40. The summed E-state index contributed by atoms with van der Waals surface area (Å²) < 4.78 is 5.52. The fraction of sp³-hybridized carbons (Fsp3) is 0.875. The van der Waals surface area contributed by atoms with E-state index in [4.69, 9.17) is 17.0 Å². The van der Waals surface area contributed by atoms with Crippen LogP contribution in [0.5, 0.6) is 0 Å². The first-order valence-electron chi connectivity index (χ1n) is 4.51. The van der Waals surface area contributed by atoms with E-state index >= 15 is 0 Å². The zero-order valence-corrected chi connectivity index (χ0v) is 8.65. The predicted molar refractivity (Wildman–Crippen MR) is 54.3 cm³/mol. The van der Waals surface area contributed by atoms with Gasteiger partial charge in [-0.1, -0.05) is 0 Å². The minimum atomic E-state index is 0.297. The van der Waals surface area contributed by atoms with E-state index in [1.165, 1.54) is 20.0 Å². The molecule has 1 aliphatic rings. The number of hydrogen-bond acceptors (Lipinski definition) is 3. The van der Waals surface area contributed by atoms with Crippen molar-refractivity contribution in [3.63, 3.8) is 0 Å². The maximum atomic E-state index is 5.52. The van der Waals surface area contributed by atoms with Crippen LogP contribution >= 0.6 is 12.2 Å².